The fraction of sp³-hybridized carbons (Fsp3) is 0.250. The molecule has 0 aliphatic carbocycles. The molecule has 0 aliphatic rings. The van der Waals surface area contributed by atoms with Crippen LogP contribution in [0.25, 0.3) is 0 Å². The summed E-state index contributed by atoms with van der Waals surface area (Å²) in [5.41, 5.74) is 0.781. The van der Waals surface area contributed by atoms with Gasteiger partial charge in [-0.2, -0.15) is 5.26 Å². The first-order valence-corrected chi connectivity index (χ1v) is 7.25. The number of methoxy groups -OCH3 is 1. The first kappa shape index (κ1) is 15.7. The Morgan fingerprint density at radius 1 is 1.25 bits per heavy atom. The number of nitrogens with zero attached hydrogens (tertiary/aromatic N) is 1. The highest BCUT2D eigenvalue weighted by molar-refractivity contribution is 7.92. The number of anilines is 1. The fourth-order valence-electron chi connectivity index (χ4n) is 1.31. The summed E-state index contributed by atoms with van der Waals surface area (Å²) in [5, 5.41) is 11.0. The Balaban J connectivity index is 2.63. The summed E-state index contributed by atoms with van der Waals surface area (Å²) in [6.07, 6.45) is 0. The number of esters is 1. The number of rotatable bonds is 5. The zero-order valence-corrected chi connectivity index (χ0v) is 11.4. The maximum Gasteiger partial charge on any atom is 0.320 e. The Bertz CT molecular complexity index is 643. The van der Waals surface area contributed by atoms with Crippen LogP contribution in [0.3, 0.4) is 0 Å². The molecule has 1 aromatic rings. The number of carbonyl (C=O) groups is 2. The minimum atomic E-state index is -3.86. The highest BCUT2D eigenvalue weighted by atomic mass is 32.2. The molecule has 8 heteroatoms. The van der Waals surface area contributed by atoms with Crippen LogP contribution in [-0.2, 0) is 24.2 Å². The molecule has 0 saturated carbocycles. The van der Waals surface area contributed by atoms with Crippen molar-refractivity contribution in [2.45, 2.75) is 0 Å². The number of benzene rings is 1. The molecule has 1 amide bonds. The third-order valence-corrected chi connectivity index (χ3v) is 3.59. The van der Waals surface area contributed by atoms with Gasteiger partial charge in [-0.05, 0) is 24.3 Å². The van der Waals surface area contributed by atoms with Gasteiger partial charge in [0.15, 0.2) is 9.84 Å². The molecule has 7 nitrogen and oxygen atoms in total. The molecule has 0 unspecified atom stereocenters. The lowest BCUT2D eigenvalue weighted by molar-refractivity contribution is -0.137. The Kier molecular flexibility index (Phi) is 5.23. The molecule has 20 heavy (non-hydrogen) atoms. The van der Waals surface area contributed by atoms with Crippen molar-refractivity contribution < 1.29 is 22.7 Å². The number of nitriles is 1. The zero-order chi connectivity index (χ0) is 15.2. The molecule has 0 heterocycles. The largest absolute Gasteiger partial charge is 0.468 e. The molecule has 1 rings (SSSR count). The quantitative estimate of drug-likeness (QED) is 0.770. The zero-order valence-electron chi connectivity index (χ0n) is 10.6. The summed E-state index contributed by atoms with van der Waals surface area (Å²) < 4.78 is 27.2. The van der Waals surface area contributed by atoms with E-state index in [2.05, 4.69) is 10.1 Å². The van der Waals surface area contributed by atoms with Gasteiger partial charge in [0.25, 0.3) is 0 Å². The summed E-state index contributed by atoms with van der Waals surface area (Å²) in [6.45, 7) is 0. The lowest BCUT2D eigenvalue weighted by Gasteiger charge is -2.05. The highest BCUT2D eigenvalue weighted by Crippen LogP contribution is 2.09. The fourth-order valence-corrected chi connectivity index (χ4v) is 2.37. The van der Waals surface area contributed by atoms with Crippen molar-refractivity contribution in [1.82, 2.24) is 0 Å². The molecule has 0 aliphatic heterocycles. The molecular weight excluding hydrogens is 284 g/mol. The van der Waals surface area contributed by atoms with Gasteiger partial charge in [-0.1, -0.05) is 0 Å². The molecular formula is C12H12N2O5S. The average Bonchev–Trinajstić information content (AvgIpc) is 2.38. The van der Waals surface area contributed by atoms with E-state index in [4.69, 9.17) is 5.26 Å². The predicted octanol–water partition coefficient (Wildman–Crippen LogP) is 0.0846. The van der Waals surface area contributed by atoms with E-state index in [1.165, 1.54) is 24.3 Å². The van der Waals surface area contributed by atoms with Crippen molar-refractivity contribution >= 4 is 27.4 Å². The minimum absolute atomic E-state index is 0.363. The van der Waals surface area contributed by atoms with Crippen LogP contribution in [0.4, 0.5) is 5.69 Å². The smallest absolute Gasteiger partial charge is 0.320 e. The average molecular weight is 296 g/mol. The van der Waals surface area contributed by atoms with Crippen LogP contribution in [0.2, 0.25) is 0 Å². The van der Waals surface area contributed by atoms with Gasteiger partial charge in [0.2, 0.25) is 5.91 Å². The van der Waals surface area contributed by atoms with E-state index in [0.717, 1.165) is 7.11 Å². The summed E-state index contributed by atoms with van der Waals surface area (Å²) in [7, 11) is -2.80. The maximum absolute atomic E-state index is 11.5. The first-order valence-electron chi connectivity index (χ1n) is 5.43. The number of hydrogen-bond acceptors (Lipinski definition) is 6. The van der Waals surface area contributed by atoms with Gasteiger partial charge in [0.05, 0.1) is 18.7 Å². The lowest BCUT2D eigenvalue weighted by atomic mass is 10.2. The number of nitrogens with one attached hydrogen (secondary N) is 1. The van der Waals surface area contributed by atoms with E-state index < -0.39 is 33.2 Å². The van der Waals surface area contributed by atoms with Crippen molar-refractivity contribution in [2.24, 2.45) is 0 Å². The molecule has 0 fully saturated rings. The second-order valence-corrected chi connectivity index (χ2v) is 5.91. The second kappa shape index (κ2) is 6.68. The van der Waals surface area contributed by atoms with Crippen LogP contribution in [0, 0.1) is 11.3 Å². The molecule has 1 N–H and O–H groups in total. The van der Waals surface area contributed by atoms with Crippen molar-refractivity contribution in [3.8, 4) is 6.07 Å². The molecule has 0 saturated heterocycles. The van der Waals surface area contributed by atoms with Crippen LogP contribution in [0.15, 0.2) is 24.3 Å². The van der Waals surface area contributed by atoms with Crippen molar-refractivity contribution in [1.29, 1.82) is 5.26 Å². The standard InChI is InChI=1S/C12H12N2O5S/c1-19-12(16)8-20(17,18)7-11(15)14-10-4-2-9(6-13)3-5-10/h2-5H,7-8H2,1H3,(H,14,15). The summed E-state index contributed by atoms with van der Waals surface area (Å²) >= 11 is 0. The third kappa shape index (κ3) is 5.07. The van der Waals surface area contributed by atoms with Crippen molar-refractivity contribution in [3.63, 3.8) is 0 Å². The number of hydrogen-bond donors (Lipinski definition) is 1. The summed E-state index contributed by atoms with van der Waals surface area (Å²) in [4.78, 5) is 22.4. The Hall–Kier alpha value is -2.40. The monoisotopic (exact) mass is 296 g/mol. The SMILES string of the molecule is COC(=O)CS(=O)(=O)CC(=O)Nc1ccc(C#N)cc1. The van der Waals surface area contributed by atoms with Crippen molar-refractivity contribution in [2.75, 3.05) is 23.9 Å². The van der Waals surface area contributed by atoms with Gasteiger partial charge in [-0.15, -0.1) is 0 Å². The normalized spacial score (nSPS) is 10.4. The van der Waals surface area contributed by atoms with Gasteiger partial charge in [0, 0.05) is 5.69 Å². The Morgan fingerprint density at radius 2 is 1.85 bits per heavy atom. The maximum atomic E-state index is 11.5. The molecule has 0 spiro atoms. The second-order valence-electron chi connectivity index (χ2n) is 3.85. The summed E-state index contributed by atoms with van der Waals surface area (Å²) in [6, 6.07) is 7.83. The molecule has 0 radical (unpaired) electrons. The highest BCUT2D eigenvalue weighted by Gasteiger charge is 2.21. The van der Waals surface area contributed by atoms with Crippen LogP contribution >= 0.6 is 0 Å². The van der Waals surface area contributed by atoms with Gasteiger partial charge in [-0.25, -0.2) is 8.42 Å². The van der Waals surface area contributed by atoms with E-state index in [1.54, 1.807) is 0 Å². The third-order valence-electron chi connectivity index (χ3n) is 2.21. The van der Waals surface area contributed by atoms with Crippen LogP contribution in [0.5, 0.6) is 0 Å². The van der Waals surface area contributed by atoms with Crippen LogP contribution < -0.4 is 5.32 Å². The lowest BCUT2D eigenvalue weighted by Crippen LogP contribution is -2.28. The molecule has 0 aromatic heterocycles. The molecule has 0 bridgehead atoms. The van der Waals surface area contributed by atoms with E-state index in [-0.39, 0.29) is 0 Å². The van der Waals surface area contributed by atoms with Crippen LogP contribution in [0.1, 0.15) is 5.56 Å². The number of ether oxygens (including phenoxy) is 1. The summed E-state index contributed by atoms with van der Waals surface area (Å²) in [5.74, 6) is -3.35. The molecule has 106 valence electrons. The van der Waals surface area contributed by atoms with Gasteiger partial charge in [0.1, 0.15) is 11.5 Å². The minimum Gasteiger partial charge on any atom is -0.468 e. The number of sulfone groups is 1. The van der Waals surface area contributed by atoms with E-state index in [0.29, 0.717) is 11.3 Å². The topological polar surface area (TPSA) is 113 Å². The number of amides is 1. The van der Waals surface area contributed by atoms with Gasteiger partial charge >= 0.3 is 5.97 Å². The van der Waals surface area contributed by atoms with Crippen molar-refractivity contribution in [3.05, 3.63) is 29.8 Å². The Labute approximate surface area is 116 Å². The van der Waals surface area contributed by atoms with E-state index in [9.17, 15) is 18.0 Å². The number of carbonyl (C=O) groups excluding carboxylic acids is 2. The predicted molar refractivity (Wildman–Crippen MR) is 70.5 cm³/mol. The van der Waals surface area contributed by atoms with Gasteiger partial charge in [-0.3, -0.25) is 9.59 Å². The van der Waals surface area contributed by atoms with E-state index >= 15 is 0 Å². The molecule has 1 aromatic carbocycles. The Morgan fingerprint density at radius 3 is 2.35 bits per heavy atom. The van der Waals surface area contributed by atoms with E-state index in [1.807, 2.05) is 6.07 Å². The molecule has 0 atom stereocenters. The van der Waals surface area contributed by atoms with Crippen LogP contribution in [-0.4, -0.2) is 38.9 Å². The first-order chi connectivity index (χ1) is 9.36. The van der Waals surface area contributed by atoms with Gasteiger partial charge < -0.3 is 10.1 Å².